The van der Waals surface area contributed by atoms with Crippen molar-refractivity contribution in [2.45, 2.75) is 65.1 Å². The Morgan fingerprint density at radius 1 is 0.881 bits per heavy atom. The van der Waals surface area contributed by atoms with Crippen LogP contribution in [0.1, 0.15) is 60.7 Å². The monoisotopic (exact) mass is 561 g/mol. The lowest BCUT2D eigenvalue weighted by Crippen LogP contribution is -2.54. The number of carbonyl (C=O) groups excluding carboxylic acids is 3. The van der Waals surface area contributed by atoms with Crippen LogP contribution in [0.5, 0.6) is 0 Å². The molecule has 42 heavy (non-hydrogen) atoms. The number of carbonyl (C=O) groups is 3. The van der Waals surface area contributed by atoms with Crippen molar-refractivity contribution < 1.29 is 14.4 Å². The second-order valence-corrected chi connectivity index (χ2v) is 12.1. The summed E-state index contributed by atoms with van der Waals surface area (Å²) in [6, 6.07) is 28.9. The zero-order valence-electron chi connectivity index (χ0n) is 24.9. The zero-order valence-corrected chi connectivity index (χ0v) is 24.9. The number of benzene rings is 4. The molecule has 4 aromatic carbocycles. The predicted molar refractivity (Wildman–Crippen MR) is 168 cm³/mol. The van der Waals surface area contributed by atoms with Crippen LogP contribution in [0.4, 0.5) is 5.69 Å². The molecule has 3 amide bonds. The summed E-state index contributed by atoms with van der Waals surface area (Å²) in [7, 11) is 0. The van der Waals surface area contributed by atoms with Crippen molar-refractivity contribution in [1.82, 2.24) is 10.2 Å². The number of nitrogens with zero attached hydrogens (tertiary/aromatic N) is 2. The summed E-state index contributed by atoms with van der Waals surface area (Å²) in [6.45, 7) is 8.62. The average Bonchev–Trinajstić information content (AvgIpc) is 3.23. The number of amides is 3. The number of hydrogen-bond acceptors (Lipinski definition) is 3. The summed E-state index contributed by atoms with van der Waals surface area (Å²) in [5.74, 6) is -0.312. The summed E-state index contributed by atoms with van der Waals surface area (Å²) in [6.07, 6.45) is 1.11. The van der Waals surface area contributed by atoms with Gasteiger partial charge >= 0.3 is 0 Å². The minimum Gasteiger partial charge on any atom is -0.350 e. The summed E-state index contributed by atoms with van der Waals surface area (Å²) in [5.41, 5.74) is 4.21. The molecule has 6 nitrogen and oxygen atoms in total. The van der Waals surface area contributed by atoms with Gasteiger partial charge in [-0.15, -0.1) is 0 Å². The first kappa shape index (κ1) is 29.1. The highest BCUT2D eigenvalue weighted by Gasteiger charge is 2.33. The maximum atomic E-state index is 14.1. The van der Waals surface area contributed by atoms with E-state index in [0.29, 0.717) is 31.5 Å². The first-order valence-electron chi connectivity index (χ1n) is 14.7. The van der Waals surface area contributed by atoms with Gasteiger partial charge in [0, 0.05) is 42.4 Å². The molecule has 0 spiro atoms. The Bertz CT molecular complexity index is 1600. The summed E-state index contributed by atoms with van der Waals surface area (Å²) < 4.78 is 0. The molecule has 0 aromatic heterocycles. The quantitative estimate of drug-likeness (QED) is 0.242. The molecular formula is C36H39N3O3. The van der Waals surface area contributed by atoms with Crippen molar-refractivity contribution in [2.75, 3.05) is 11.4 Å². The standard InChI is InChI=1S/C36H39N3O3/c1-25-13-8-9-16-28(25)24-39(31(34(41)37-36(2,3)4)23-26-14-6-5-7-15-26)32(40)21-12-22-38-30-20-11-18-27-17-10-19-29(33(27)30)35(38)42/h5-11,13-20,31H,12,21-24H2,1-4H3,(H,37,41). The van der Waals surface area contributed by atoms with Crippen LogP contribution in [-0.2, 0) is 22.6 Å². The maximum absolute atomic E-state index is 14.1. The Morgan fingerprint density at radius 3 is 2.29 bits per heavy atom. The van der Waals surface area contributed by atoms with E-state index in [1.54, 1.807) is 9.80 Å². The van der Waals surface area contributed by atoms with E-state index in [1.807, 2.05) is 119 Å². The molecular weight excluding hydrogens is 522 g/mol. The van der Waals surface area contributed by atoms with Gasteiger partial charge in [-0.1, -0.05) is 78.9 Å². The zero-order chi connectivity index (χ0) is 29.9. The van der Waals surface area contributed by atoms with Gasteiger partial charge in [-0.3, -0.25) is 14.4 Å². The van der Waals surface area contributed by atoms with E-state index in [9.17, 15) is 14.4 Å². The van der Waals surface area contributed by atoms with Crippen LogP contribution in [0, 0.1) is 6.92 Å². The Labute approximate surface area is 248 Å². The van der Waals surface area contributed by atoms with Crippen LogP contribution >= 0.6 is 0 Å². The minimum atomic E-state index is -0.690. The van der Waals surface area contributed by atoms with Gasteiger partial charge in [0.25, 0.3) is 5.91 Å². The van der Waals surface area contributed by atoms with Gasteiger partial charge in [0.05, 0.1) is 5.69 Å². The molecule has 5 rings (SSSR count). The van der Waals surface area contributed by atoms with Crippen LogP contribution in [-0.4, -0.2) is 40.7 Å². The van der Waals surface area contributed by atoms with Crippen molar-refractivity contribution in [3.05, 3.63) is 113 Å². The molecule has 1 N–H and O–H groups in total. The van der Waals surface area contributed by atoms with Gasteiger partial charge in [0.1, 0.15) is 6.04 Å². The molecule has 0 radical (unpaired) electrons. The molecule has 4 aromatic rings. The van der Waals surface area contributed by atoms with E-state index in [1.165, 1.54) is 0 Å². The molecule has 1 aliphatic rings. The fourth-order valence-electron chi connectivity index (χ4n) is 5.71. The van der Waals surface area contributed by atoms with Crippen molar-refractivity contribution in [2.24, 2.45) is 0 Å². The van der Waals surface area contributed by atoms with E-state index in [2.05, 4.69) is 5.32 Å². The molecule has 1 aliphatic heterocycles. The van der Waals surface area contributed by atoms with E-state index in [-0.39, 0.29) is 24.1 Å². The van der Waals surface area contributed by atoms with Gasteiger partial charge < -0.3 is 15.1 Å². The highest BCUT2D eigenvalue weighted by atomic mass is 16.2. The van der Waals surface area contributed by atoms with Crippen LogP contribution in [0.3, 0.4) is 0 Å². The molecule has 1 atom stereocenters. The number of aryl methyl sites for hydroxylation is 1. The third-order valence-electron chi connectivity index (χ3n) is 7.79. The minimum absolute atomic E-state index is 0.0301. The largest absolute Gasteiger partial charge is 0.350 e. The fourth-order valence-corrected chi connectivity index (χ4v) is 5.71. The summed E-state index contributed by atoms with van der Waals surface area (Å²) >= 11 is 0. The SMILES string of the molecule is Cc1ccccc1CN(C(=O)CCCN1C(=O)c2cccc3cccc1c23)C(Cc1ccccc1)C(=O)NC(C)(C)C. The van der Waals surface area contributed by atoms with Gasteiger partial charge in [0.15, 0.2) is 0 Å². The highest BCUT2D eigenvalue weighted by Crippen LogP contribution is 2.37. The Kier molecular flexibility index (Phi) is 8.44. The molecule has 0 fully saturated rings. The summed E-state index contributed by atoms with van der Waals surface area (Å²) in [5, 5.41) is 5.13. The van der Waals surface area contributed by atoms with E-state index in [4.69, 9.17) is 0 Å². The van der Waals surface area contributed by atoms with Crippen LogP contribution in [0.15, 0.2) is 91.0 Å². The third kappa shape index (κ3) is 6.38. The number of hydrogen-bond donors (Lipinski definition) is 1. The van der Waals surface area contributed by atoms with Gasteiger partial charge in [-0.2, -0.15) is 0 Å². The number of anilines is 1. The van der Waals surface area contributed by atoms with Crippen LogP contribution in [0.25, 0.3) is 10.8 Å². The van der Waals surface area contributed by atoms with Crippen molar-refractivity contribution in [1.29, 1.82) is 0 Å². The Morgan fingerprint density at radius 2 is 1.57 bits per heavy atom. The van der Waals surface area contributed by atoms with Gasteiger partial charge in [-0.05, 0) is 68.3 Å². The Hall–Kier alpha value is -4.45. The molecule has 0 saturated heterocycles. The molecule has 0 saturated carbocycles. The van der Waals surface area contributed by atoms with Crippen LogP contribution in [0.2, 0.25) is 0 Å². The molecule has 0 aliphatic carbocycles. The molecule has 216 valence electrons. The first-order valence-corrected chi connectivity index (χ1v) is 14.7. The lowest BCUT2D eigenvalue weighted by molar-refractivity contribution is -0.142. The lowest BCUT2D eigenvalue weighted by atomic mass is 9.99. The van der Waals surface area contributed by atoms with Gasteiger partial charge in [-0.25, -0.2) is 0 Å². The van der Waals surface area contributed by atoms with E-state index < -0.39 is 11.6 Å². The van der Waals surface area contributed by atoms with Crippen molar-refractivity contribution >= 4 is 34.2 Å². The second kappa shape index (κ2) is 12.2. The highest BCUT2D eigenvalue weighted by molar-refractivity contribution is 6.25. The maximum Gasteiger partial charge on any atom is 0.258 e. The normalized spacial score (nSPS) is 13.3. The molecule has 6 heteroatoms. The van der Waals surface area contributed by atoms with E-state index >= 15 is 0 Å². The predicted octanol–water partition coefficient (Wildman–Crippen LogP) is 6.44. The smallest absolute Gasteiger partial charge is 0.258 e. The van der Waals surface area contributed by atoms with E-state index in [0.717, 1.165) is 33.2 Å². The van der Waals surface area contributed by atoms with Crippen molar-refractivity contribution in [3.8, 4) is 0 Å². The second-order valence-electron chi connectivity index (χ2n) is 12.1. The first-order chi connectivity index (χ1) is 20.1. The number of nitrogens with one attached hydrogen (secondary N) is 1. The van der Waals surface area contributed by atoms with Gasteiger partial charge in [0.2, 0.25) is 11.8 Å². The topological polar surface area (TPSA) is 69.7 Å². The summed E-state index contributed by atoms with van der Waals surface area (Å²) in [4.78, 5) is 44.6. The molecule has 0 bridgehead atoms. The third-order valence-corrected chi connectivity index (χ3v) is 7.79. The fraction of sp³-hybridized carbons (Fsp3) is 0.306. The molecule has 1 unspecified atom stereocenters. The average molecular weight is 562 g/mol. The van der Waals surface area contributed by atoms with Crippen molar-refractivity contribution in [3.63, 3.8) is 0 Å². The van der Waals surface area contributed by atoms with Crippen LogP contribution < -0.4 is 10.2 Å². The number of rotatable bonds is 10. The Balaban J connectivity index is 1.39. The lowest BCUT2D eigenvalue weighted by Gasteiger charge is -2.34. The molecule has 1 heterocycles.